The van der Waals surface area contributed by atoms with Gasteiger partial charge in [-0.2, -0.15) is 9.61 Å². The summed E-state index contributed by atoms with van der Waals surface area (Å²) in [6.07, 6.45) is 0. The molecule has 25 heavy (non-hydrogen) atoms. The van der Waals surface area contributed by atoms with Crippen LogP contribution in [0.2, 0.25) is 0 Å². The van der Waals surface area contributed by atoms with Crippen molar-refractivity contribution >= 4 is 49.9 Å². The first-order valence-electron chi connectivity index (χ1n) is 7.67. The molecule has 0 amide bonds. The van der Waals surface area contributed by atoms with E-state index in [-0.39, 0.29) is 0 Å². The number of para-hydroxylation sites is 1. The van der Waals surface area contributed by atoms with Gasteiger partial charge in [0.1, 0.15) is 10.6 Å². The molecule has 0 saturated heterocycles. The Kier molecular flexibility index (Phi) is 3.39. The number of halogens is 1. The molecule has 2 aromatic carbocycles. The van der Waals surface area contributed by atoms with Crippen LogP contribution in [-0.2, 0) is 0 Å². The van der Waals surface area contributed by atoms with E-state index in [1.807, 2.05) is 31.2 Å². The maximum Gasteiger partial charge on any atom is 0.235 e. The van der Waals surface area contributed by atoms with Gasteiger partial charge < -0.3 is 4.42 Å². The average Bonchev–Trinajstić information content (AvgIpc) is 3.29. The summed E-state index contributed by atoms with van der Waals surface area (Å²) in [5.74, 6) is 1.35. The molecule has 5 rings (SSSR count). The Hall–Kier alpha value is -2.26. The second-order valence-corrected chi connectivity index (χ2v) is 7.89. The quantitative estimate of drug-likeness (QED) is 0.342. The summed E-state index contributed by atoms with van der Waals surface area (Å²) in [4.78, 5) is 0.753. The molecule has 0 atom stereocenters. The topological polar surface area (TPSA) is 56.2 Å². The van der Waals surface area contributed by atoms with E-state index < -0.39 is 0 Å². The predicted molar refractivity (Wildman–Crippen MR) is 107 cm³/mol. The van der Waals surface area contributed by atoms with Crippen LogP contribution in [0.1, 0.15) is 5.56 Å². The molecule has 0 unspecified atom stereocenters. The van der Waals surface area contributed by atoms with Crippen molar-refractivity contribution < 1.29 is 4.42 Å². The zero-order chi connectivity index (χ0) is 17.0. The minimum Gasteiger partial charge on any atom is -0.452 e. The van der Waals surface area contributed by atoms with Gasteiger partial charge in [0.15, 0.2) is 5.76 Å². The summed E-state index contributed by atoms with van der Waals surface area (Å²) in [7, 11) is 0. The fraction of sp³-hybridized carbons (Fsp3) is 0.0556. The second kappa shape index (κ2) is 5.63. The van der Waals surface area contributed by atoms with Crippen LogP contribution in [0.4, 0.5) is 0 Å². The largest absolute Gasteiger partial charge is 0.452 e. The van der Waals surface area contributed by atoms with Crippen LogP contribution in [0.3, 0.4) is 0 Å². The van der Waals surface area contributed by atoms with Crippen LogP contribution in [0.5, 0.6) is 0 Å². The Balaban J connectivity index is 1.69. The number of nitrogens with zero attached hydrogens (tertiary/aromatic N) is 4. The molecule has 5 nitrogen and oxygen atoms in total. The first kappa shape index (κ1) is 15.0. The first-order chi connectivity index (χ1) is 12.2. The molecule has 0 bridgehead atoms. The van der Waals surface area contributed by atoms with Gasteiger partial charge in [-0.3, -0.25) is 0 Å². The van der Waals surface area contributed by atoms with Crippen LogP contribution < -0.4 is 0 Å². The molecule has 122 valence electrons. The van der Waals surface area contributed by atoms with Gasteiger partial charge in [-0.25, -0.2) is 0 Å². The average molecular weight is 458 g/mol. The highest BCUT2D eigenvalue weighted by atomic mass is 127. The maximum absolute atomic E-state index is 6.02. The third-order valence-corrected chi connectivity index (χ3v) is 5.80. The van der Waals surface area contributed by atoms with Gasteiger partial charge in [0.05, 0.1) is 0 Å². The third-order valence-electron chi connectivity index (χ3n) is 4.13. The van der Waals surface area contributed by atoms with Gasteiger partial charge in [-0.05, 0) is 47.7 Å². The molecule has 0 fully saturated rings. The normalized spacial score (nSPS) is 11.6. The van der Waals surface area contributed by atoms with Gasteiger partial charge in [0, 0.05) is 20.1 Å². The van der Waals surface area contributed by atoms with Crippen molar-refractivity contribution in [1.82, 2.24) is 19.8 Å². The smallest absolute Gasteiger partial charge is 0.235 e. The van der Waals surface area contributed by atoms with E-state index >= 15 is 0 Å². The number of aromatic nitrogens is 4. The van der Waals surface area contributed by atoms with Crippen LogP contribution in [-0.4, -0.2) is 19.8 Å². The number of fused-ring (bicyclic) bond motifs is 2. The van der Waals surface area contributed by atoms with Crippen LogP contribution in [0.25, 0.3) is 38.1 Å². The second-order valence-electron chi connectivity index (χ2n) is 5.68. The lowest BCUT2D eigenvalue weighted by molar-refractivity contribution is 0.619. The molecule has 7 heteroatoms. The minimum absolute atomic E-state index is 0.636. The van der Waals surface area contributed by atoms with Crippen LogP contribution >= 0.6 is 33.9 Å². The Bertz CT molecular complexity index is 1220. The van der Waals surface area contributed by atoms with Crippen molar-refractivity contribution in [2.24, 2.45) is 0 Å². The van der Waals surface area contributed by atoms with E-state index in [4.69, 9.17) is 9.52 Å². The Morgan fingerprint density at radius 1 is 1.04 bits per heavy atom. The lowest BCUT2D eigenvalue weighted by atomic mass is 10.1. The van der Waals surface area contributed by atoms with E-state index in [0.29, 0.717) is 11.6 Å². The van der Waals surface area contributed by atoms with Gasteiger partial charge in [-0.1, -0.05) is 41.7 Å². The number of hydrogen-bond donors (Lipinski definition) is 0. The zero-order valence-electron chi connectivity index (χ0n) is 13.1. The predicted octanol–water partition coefficient (Wildman–Crippen LogP) is 5.18. The Morgan fingerprint density at radius 2 is 1.84 bits per heavy atom. The molecule has 0 aliphatic heterocycles. The van der Waals surface area contributed by atoms with Crippen molar-refractivity contribution in [2.45, 2.75) is 6.92 Å². The molecule has 0 aliphatic carbocycles. The van der Waals surface area contributed by atoms with Crippen molar-refractivity contribution in [3.8, 4) is 22.2 Å². The number of benzene rings is 2. The van der Waals surface area contributed by atoms with Crippen LogP contribution in [0.15, 0.2) is 52.9 Å². The minimum atomic E-state index is 0.636. The zero-order valence-corrected chi connectivity index (χ0v) is 16.1. The molecule has 0 saturated carbocycles. The number of rotatable bonds is 2. The maximum atomic E-state index is 6.02. The highest BCUT2D eigenvalue weighted by Crippen LogP contribution is 2.34. The summed E-state index contributed by atoms with van der Waals surface area (Å²) >= 11 is 3.81. The summed E-state index contributed by atoms with van der Waals surface area (Å²) in [5.41, 5.74) is 2.97. The van der Waals surface area contributed by atoms with E-state index in [0.717, 1.165) is 32.1 Å². The summed E-state index contributed by atoms with van der Waals surface area (Å²) < 4.78 is 8.99. The Morgan fingerprint density at radius 3 is 2.64 bits per heavy atom. The van der Waals surface area contributed by atoms with E-state index in [9.17, 15) is 0 Å². The molecule has 5 aromatic rings. The van der Waals surface area contributed by atoms with Crippen molar-refractivity contribution in [2.75, 3.05) is 0 Å². The summed E-state index contributed by atoms with van der Waals surface area (Å²) in [6.45, 7) is 2.04. The molecule has 0 N–H and O–H groups in total. The van der Waals surface area contributed by atoms with E-state index in [1.165, 1.54) is 14.9 Å². The lowest BCUT2D eigenvalue weighted by Crippen LogP contribution is -1.91. The fourth-order valence-corrected chi connectivity index (χ4v) is 4.06. The monoisotopic (exact) mass is 458 g/mol. The fourth-order valence-electron chi connectivity index (χ4n) is 2.86. The van der Waals surface area contributed by atoms with Gasteiger partial charge in [-0.15, -0.1) is 10.2 Å². The summed E-state index contributed by atoms with van der Waals surface area (Å²) in [6, 6.07) is 16.3. The van der Waals surface area contributed by atoms with E-state index in [1.54, 1.807) is 4.52 Å². The number of aryl methyl sites for hydroxylation is 1. The van der Waals surface area contributed by atoms with Crippen molar-refractivity contribution in [1.29, 1.82) is 0 Å². The van der Waals surface area contributed by atoms with Crippen molar-refractivity contribution in [3.63, 3.8) is 0 Å². The third kappa shape index (κ3) is 2.37. The van der Waals surface area contributed by atoms with Gasteiger partial charge in [0.2, 0.25) is 10.8 Å². The molecule has 3 aromatic heterocycles. The van der Waals surface area contributed by atoms with Gasteiger partial charge in [0.25, 0.3) is 0 Å². The number of furan rings is 1. The lowest BCUT2D eigenvalue weighted by Gasteiger charge is -1.96. The summed E-state index contributed by atoms with van der Waals surface area (Å²) in [5, 5.41) is 15.3. The number of hydrogen-bond acceptors (Lipinski definition) is 5. The molecular formula is C18H11IN4OS. The SMILES string of the molecule is Cc1c(-c2nnc3sc(-c4ccc(I)cc4)nn23)oc2ccccc12. The standard InChI is InChI=1S/C18H11IN4OS/c1-10-13-4-2-3-5-14(13)24-15(10)16-20-21-18-23(16)22-17(25-18)11-6-8-12(19)9-7-11/h2-9H,1H3. The Labute approximate surface area is 160 Å². The highest BCUT2D eigenvalue weighted by Gasteiger charge is 2.20. The first-order valence-corrected chi connectivity index (χ1v) is 9.57. The molecule has 0 radical (unpaired) electrons. The molecule has 3 heterocycles. The van der Waals surface area contributed by atoms with Crippen molar-refractivity contribution in [3.05, 3.63) is 57.7 Å². The highest BCUT2D eigenvalue weighted by molar-refractivity contribution is 14.1. The molecular weight excluding hydrogens is 447 g/mol. The van der Waals surface area contributed by atoms with E-state index in [2.05, 4.69) is 57.1 Å². The molecule has 0 spiro atoms. The van der Waals surface area contributed by atoms with Gasteiger partial charge >= 0.3 is 0 Å². The molecule has 0 aliphatic rings. The van der Waals surface area contributed by atoms with Crippen LogP contribution in [0, 0.1) is 10.5 Å².